The van der Waals surface area contributed by atoms with Gasteiger partial charge in [0, 0.05) is 58.9 Å². The van der Waals surface area contributed by atoms with E-state index < -0.39 is 0 Å². The molecule has 0 aromatic heterocycles. The van der Waals surface area contributed by atoms with Gasteiger partial charge in [0.1, 0.15) is 0 Å². The van der Waals surface area contributed by atoms with Crippen molar-refractivity contribution in [1.82, 2.24) is 20.4 Å². The molecule has 2 bridgehead atoms. The number of aliphatic imine (C=N–C) groups is 1. The van der Waals surface area contributed by atoms with Crippen LogP contribution in [0.1, 0.15) is 38.5 Å². The van der Waals surface area contributed by atoms with E-state index in [0.29, 0.717) is 12.1 Å². The van der Waals surface area contributed by atoms with Crippen molar-refractivity contribution < 1.29 is 4.74 Å². The summed E-state index contributed by atoms with van der Waals surface area (Å²) in [6.45, 7) is 8.67. The average Bonchev–Trinajstić information content (AvgIpc) is 2.91. The first kappa shape index (κ1) is 18.0. The van der Waals surface area contributed by atoms with Gasteiger partial charge in [-0.05, 0) is 12.8 Å². The maximum absolute atomic E-state index is 6.03. The lowest BCUT2D eigenvalue weighted by Crippen LogP contribution is -2.63. The van der Waals surface area contributed by atoms with Gasteiger partial charge in [-0.15, -0.1) is 0 Å². The van der Waals surface area contributed by atoms with Crippen molar-refractivity contribution in [3.8, 4) is 0 Å². The maximum atomic E-state index is 6.03. The van der Waals surface area contributed by atoms with Gasteiger partial charge in [-0.3, -0.25) is 14.8 Å². The molecule has 2 N–H and O–H groups in total. The molecule has 6 nitrogen and oxygen atoms in total. The summed E-state index contributed by atoms with van der Waals surface area (Å²) in [7, 11) is 1.85. The Morgan fingerprint density at radius 2 is 1.79 bits per heavy atom. The first-order valence-corrected chi connectivity index (χ1v) is 9.87. The SMILES string of the molecule is CN=C(NCCOC1CCCCCC1)NCC1CN2CCN1CC2. The number of piperazine rings is 3. The molecule has 1 atom stereocenters. The number of hydrogen-bond donors (Lipinski definition) is 2. The van der Waals surface area contributed by atoms with Gasteiger partial charge in [-0.2, -0.15) is 0 Å². The highest BCUT2D eigenvalue weighted by atomic mass is 16.5. The number of nitrogens with one attached hydrogen (secondary N) is 2. The lowest BCUT2D eigenvalue weighted by molar-refractivity contribution is 0.0153. The van der Waals surface area contributed by atoms with Crippen LogP contribution in [0.5, 0.6) is 0 Å². The molecule has 4 rings (SSSR count). The highest BCUT2D eigenvalue weighted by Gasteiger charge is 2.31. The summed E-state index contributed by atoms with van der Waals surface area (Å²) in [6.07, 6.45) is 8.37. The van der Waals surface area contributed by atoms with Crippen molar-refractivity contribution in [1.29, 1.82) is 0 Å². The van der Waals surface area contributed by atoms with Crippen molar-refractivity contribution in [3.63, 3.8) is 0 Å². The van der Waals surface area contributed by atoms with Gasteiger partial charge in [0.25, 0.3) is 0 Å². The summed E-state index contributed by atoms with van der Waals surface area (Å²) in [5.74, 6) is 0.900. The third-order valence-corrected chi connectivity index (χ3v) is 5.67. The summed E-state index contributed by atoms with van der Waals surface area (Å²) >= 11 is 0. The van der Waals surface area contributed by atoms with E-state index in [0.717, 1.165) is 25.7 Å². The minimum absolute atomic E-state index is 0.476. The second-order valence-corrected chi connectivity index (χ2v) is 7.35. The van der Waals surface area contributed by atoms with Crippen LogP contribution in [0.4, 0.5) is 0 Å². The molecule has 4 aliphatic rings. The van der Waals surface area contributed by atoms with Crippen LogP contribution in [0.2, 0.25) is 0 Å². The van der Waals surface area contributed by atoms with Gasteiger partial charge >= 0.3 is 0 Å². The molecule has 0 aromatic carbocycles. The minimum Gasteiger partial charge on any atom is -0.376 e. The van der Waals surface area contributed by atoms with Crippen molar-refractivity contribution >= 4 is 5.96 Å². The molecular formula is C18H35N5O. The zero-order valence-corrected chi connectivity index (χ0v) is 15.3. The monoisotopic (exact) mass is 337 g/mol. The molecule has 1 saturated carbocycles. The molecule has 0 radical (unpaired) electrons. The zero-order valence-electron chi connectivity index (χ0n) is 15.3. The largest absolute Gasteiger partial charge is 0.376 e. The number of guanidine groups is 1. The second-order valence-electron chi connectivity index (χ2n) is 7.35. The Labute approximate surface area is 147 Å². The Kier molecular flexibility index (Phi) is 7.17. The third kappa shape index (κ3) is 5.33. The van der Waals surface area contributed by atoms with Crippen LogP contribution < -0.4 is 10.6 Å². The minimum atomic E-state index is 0.476. The molecule has 138 valence electrons. The Bertz CT molecular complexity index is 387. The van der Waals surface area contributed by atoms with Crippen LogP contribution in [-0.2, 0) is 4.74 Å². The van der Waals surface area contributed by atoms with E-state index >= 15 is 0 Å². The molecule has 3 heterocycles. The summed E-state index contributed by atoms with van der Waals surface area (Å²) < 4.78 is 6.03. The third-order valence-electron chi connectivity index (χ3n) is 5.67. The van der Waals surface area contributed by atoms with Gasteiger partial charge < -0.3 is 15.4 Å². The molecule has 0 amide bonds. The Morgan fingerprint density at radius 3 is 2.42 bits per heavy atom. The lowest BCUT2D eigenvalue weighted by atomic mass is 10.1. The standard InChI is InChI=1S/C18H35N5O/c1-19-18(20-8-13-24-17-6-4-2-3-5-7-17)21-14-16-15-22-9-11-23(16)12-10-22/h16-17H,2-15H2,1H3,(H2,19,20,21). The molecule has 3 aliphatic heterocycles. The van der Waals surface area contributed by atoms with E-state index in [1.807, 2.05) is 7.05 Å². The smallest absolute Gasteiger partial charge is 0.191 e. The fraction of sp³-hybridized carbons (Fsp3) is 0.944. The van der Waals surface area contributed by atoms with E-state index in [2.05, 4.69) is 25.4 Å². The van der Waals surface area contributed by atoms with E-state index in [1.165, 1.54) is 71.2 Å². The normalized spacial score (nSPS) is 31.7. The average molecular weight is 338 g/mol. The van der Waals surface area contributed by atoms with Gasteiger partial charge in [0.2, 0.25) is 0 Å². The Morgan fingerprint density at radius 1 is 1.04 bits per heavy atom. The first-order chi connectivity index (χ1) is 11.8. The van der Waals surface area contributed by atoms with Crippen LogP contribution in [0, 0.1) is 0 Å². The van der Waals surface area contributed by atoms with Gasteiger partial charge in [0.15, 0.2) is 5.96 Å². The van der Waals surface area contributed by atoms with Crippen molar-refractivity contribution in [2.45, 2.75) is 50.7 Å². The number of fused-ring (bicyclic) bond motifs is 3. The summed E-state index contributed by atoms with van der Waals surface area (Å²) in [5.41, 5.74) is 0. The molecule has 4 fully saturated rings. The second kappa shape index (κ2) is 9.59. The number of hydrogen-bond acceptors (Lipinski definition) is 4. The number of nitrogens with zero attached hydrogens (tertiary/aromatic N) is 3. The Balaban J connectivity index is 1.29. The molecule has 1 unspecified atom stereocenters. The van der Waals surface area contributed by atoms with Crippen molar-refractivity contribution in [3.05, 3.63) is 0 Å². The van der Waals surface area contributed by atoms with Gasteiger partial charge in [-0.1, -0.05) is 25.7 Å². The fourth-order valence-corrected chi connectivity index (χ4v) is 4.16. The highest BCUT2D eigenvalue weighted by molar-refractivity contribution is 5.79. The van der Waals surface area contributed by atoms with Crippen LogP contribution >= 0.6 is 0 Å². The van der Waals surface area contributed by atoms with E-state index in [1.54, 1.807) is 0 Å². The van der Waals surface area contributed by atoms with Gasteiger partial charge in [0.05, 0.1) is 12.7 Å². The lowest BCUT2D eigenvalue weighted by Gasteiger charge is -2.47. The van der Waals surface area contributed by atoms with Crippen molar-refractivity contribution in [2.24, 2.45) is 4.99 Å². The predicted octanol–water partition coefficient (Wildman–Crippen LogP) is 0.891. The van der Waals surface area contributed by atoms with Crippen LogP contribution in [0.15, 0.2) is 4.99 Å². The summed E-state index contributed by atoms with van der Waals surface area (Å²) in [5, 5.41) is 6.88. The summed E-state index contributed by atoms with van der Waals surface area (Å²) in [4.78, 5) is 9.52. The number of ether oxygens (including phenoxy) is 1. The van der Waals surface area contributed by atoms with Crippen LogP contribution in [-0.4, -0.2) is 87.4 Å². The topological polar surface area (TPSA) is 52.1 Å². The molecule has 1 aliphatic carbocycles. The molecule has 24 heavy (non-hydrogen) atoms. The molecular weight excluding hydrogens is 302 g/mol. The van der Waals surface area contributed by atoms with Crippen molar-refractivity contribution in [2.75, 3.05) is 59.5 Å². The molecule has 0 spiro atoms. The van der Waals surface area contributed by atoms with Crippen LogP contribution in [0.3, 0.4) is 0 Å². The fourth-order valence-electron chi connectivity index (χ4n) is 4.16. The number of rotatable bonds is 6. The molecule has 6 heteroatoms. The zero-order chi connectivity index (χ0) is 16.6. The Hall–Kier alpha value is -0.850. The quantitative estimate of drug-likeness (QED) is 0.326. The maximum Gasteiger partial charge on any atom is 0.191 e. The molecule has 3 saturated heterocycles. The van der Waals surface area contributed by atoms with E-state index in [9.17, 15) is 0 Å². The van der Waals surface area contributed by atoms with E-state index in [4.69, 9.17) is 4.74 Å². The van der Waals surface area contributed by atoms with Crippen LogP contribution in [0.25, 0.3) is 0 Å². The first-order valence-electron chi connectivity index (χ1n) is 9.87. The predicted molar refractivity (Wildman–Crippen MR) is 98.6 cm³/mol. The van der Waals surface area contributed by atoms with E-state index in [-0.39, 0.29) is 0 Å². The molecule has 0 aromatic rings. The van der Waals surface area contributed by atoms with Gasteiger partial charge in [-0.25, -0.2) is 0 Å². The summed E-state index contributed by atoms with van der Waals surface area (Å²) in [6, 6.07) is 0.619. The highest BCUT2D eigenvalue weighted by Crippen LogP contribution is 2.19.